The first-order chi connectivity index (χ1) is 11.5. The van der Waals surface area contributed by atoms with Crippen LogP contribution in [-0.2, 0) is 16.1 Å². The Morgan fingerprint density at radius 3 is 2.88 bits per heavy atom. The molecule has 1 spiro atoms. The molecular weight excluding hydrogens is 312 g/mol. The van der Waals surface area contributed by atoms with Crippen molar-refractivity contribution in [1.29, 1.82) is 0 Å². The third kappa shape index (κ3) is 3.47. The number of ether oxygens (including phenoxy) is 1. The Kier molecular flexibility index (Phi) is 4.91. The molecule has 132 valence electrons. The number of carbonyl (C=O) groups excluding carboxylic acids is 2. The molecule has 3 rings (SSSR count). The maximum absolute atomic E-state index is 12.7. The number of urea groups is 1. The van der Waals surface area contributed by atoms with Crippen molar-refractivity contribution in [3.8, 4) is 0 Å². The highest BCUT2D eigenvalue weighted by Crippen LogP contribution is 2.36. The van der Waals surface area contributed by atoms with Crippen molar-refractivity contribution in [3.63, 3.8) is 0 Å². The lowest BCUT2D eigenvalue weighted by atomic mass is 9.77. The maximum Gasteiger partial charge on any atom is 0.325 e. The second-order valence-corrected chi connectivity index (χ2v) is 6.86. The average Bonchev–Trinajstić information content (AvgIpc) is 3.14. The summed E-state index contributed by atoms with van der Waals surface area (Å²) in [5, 5.41) is 12.9. The summed E-state index contributed by atoms with van der Waals surface area (Å²) in [5.41, 5.74) is -0.766. The van der Waals surface area contributed by atoms with Crippen LogP contribution in [0.3, 0.4) is 0 Å². The number of amides is 3. The van der Waals surface area contributed by atoms with Gasteiger partial charge in [-0.2, -0.15) is 0 Å². The van der Waals surface area contributed by atoms with E-state index in [1.807, 2.05) is 0 Å². The quantitative estimate of drug-likeness (QED) is 0.771. The zero-order chi connectivity index (χ0) is 17.2. The van der Waals surface area contributed by atoms with Crippen LogP contribution in [0.5, 0.6) is 0 Å². The number of aliphatic hydroxyl groups excluding tert-OH is 1. The Balaban J connectivity index is 1.51. The highest BCUT2D eigenvalue weighted by Gasteiger charge is 2.52. The van der Waals surface area contributed by atoms with E-state index in [-0.39, 0.29) is 25.7 Å². The Labute approximate surface area is 140 Å². The van der Waals surface area contributed by atoms with Crippen molar-refractivity contribution in [2.24, 2.45) is 5.92 Å². The molecule has 3 amide bonds. The summed E-state index contributed by atoms with van der Waals surface area (Å²) in [6.07, 6.45) is 3.81. The molecule has 0 radical (unpaired) electrons. The fourth-order valence-electron chi connectivity index (χ4n) is 3.39. The van der Waals surface area contributed by atoms with E-state index in [2.05, 4.69) is 12.2 Å². The van der Waals surface area contributed by atoms with Gasteiger partial charge in [-0.25, -0.2) is 4.79 Å². The Morgan fingerprint density at radius 2 is 2.21 bits per heavy atom. The van der Waals surface area contributed by atoms with E-state index in [0.29, 0.717) is 24.5 Å². The van der Waals surface area contributed by atoms with Crippen LogP contribution < -0.4 is 5.32 Å². The molecule has 1 saturated heterocycles. The predicted octanol–water partition coefficient (Wildman–Crippen LogP) is 1.66. The molecule has 1 atom stereocenters. The van der Waals surface area contributed by atoms with Gasteiger partial charge in [0, 0.05) is 0 Å². The topological polar surface area (TPSA) is 92.0 Å². The first kappa shape index (κ1) is 17.0. The van der Waals surface area contributed by atoms with Crippen molar-refractivity contribution in [2.45, 2.75) is 50.9 Å². The largest absolute Gasteiger partial charge is 0.467 e. The molecule has 1 aliphatic heterocycles. The highest BCUT2D eigenvalue weighted by molar-refractivity contribution is 6.07. The van der Waals surface area contributed by atoms with Gasteiger partial charge in [-0.15, -0.1) is 0 Å². The summed E-state index contributed by atoms with van der Waals surface area (Å²) in [4.78, 5) is 26.0. The molecule has 7 heteroatoms. The first-order valence-corrected chi connectivity index (χ1v) is 8.42. The molecule has 1 saturated carbocycles. The van der Waals surface area contributed by atoms with Gasteiger partial charge in [0.25, 0.3) is 5.91 Å². The van der Waals surface area contributed by atoms with Gasteiger partial charge in [0.05, 0.1) is 25.5 Å². The van der Waals surface area contributed by atoms with Crippen molar-refractivity contribution in [2.75, 3.05) is 13.2 Å². The van der Waals surface area contributed by atoms with Gasteiger partial charge in [0.1, 0.15) is 17.9 Å². The molecule has 1 aromatic rings. The smallest absolute Gasteiger partial charge is 0.325 e. The second-order valence-electron chi connectivity index (χ2n) is 6.86. The van der Waals surface area contributed by atoms with Crippen LogP contribution in [0, 0.1) is 5.92 Å². The number of β-amino-alcohol motifs (C(OH)–C–C–N with tert-alkyl or cyclic N) is 1. The standard InChI is InChI=1S/C17H24N2O5/c1-12-4-6-17(7-5-12)15(21)19(16(22)18-17)9-13(20)10-23-11-14-3-2-8-24-14/h2-3,8,12-13,20H,4-7,9-11H2,1H3,(H,18,22)/t12?,13-,17?/m1/s1. The number of rotatable bonds is 6. The molecule has 2 aliphatic rings. The minimum atomic E-state index is -0.924. The van der Waals surface area contributed by atoms with Gasteiger partial charge in [0.15, 0.2) is 0 Å². The SMILES string of the molecule is CC1CCC2(CC1)NC(=O)N(C[C@@H](O)COCc1ccco1)C2=O. The monoisotopic (exact) mass is 336 g/mol. The number of furan rings is 1. The number of imide groups is 1. The van der Waals surface area contributed by atoms with Crippen molar-refractivity contribution >= 4 is 11.9 Å². The van der Waals surface area contributed by atoms with Crippen LogP contribution in [0.25, 0.3) is 0 Å². The van der Waals surface area contributed by atoms with Crippen molar-refractivity contribution in [1.82, 2.24) is 10.2 Å². The number of hydrogen-bond donors (Lipinski definition) is 2. The van der Waals surface area contributed by atoms with Crippen LogP contribution in [0.15, 0.2) is 22.8 Å². The van der Waals surface area contributed by atoms with Crippen molar-refractivity contribution in [3.05, 3.63) is 24.2 Å². The van der Waals surface area contributed by atoms with Gasteiger partial charge >= 0.3 is 6.03 Å². The first-order valence-electron chi connectivity index (χ1n) is 8.42. The average molecular weight is 336 g/mol. The molecule has 2 heterocycles. The summed E-state index contributed by atoms with van der Waals surface area (Å²) in [6.45, 7) is 2.37. The summed E-state index contributed by atoms with van der Waals surface area (Å²) in [5.74, 6) is 1.02. The molecule has 24 heavy (non-hydrogen) atoms. The third-order valence-corrected chi connectivity index (χ3v) is 4.90. The van der Waals surface area contributed by atoms with Crippen LogP contribution in [-0.4, -0.2) is 46.7 Å². The van der Waals surface area contributed by atoms with Crippen LogP contribution >= 0.6 is 0 Å². The molecule has 1 aromatic heterocycles. The molecule has 0 unspecified atom stereocenters. The lowest BCUT2D eigenvalue weighted by molar-refractivity contribution is -0.134. The Morgan fingerprint density at radius 1 is 1.46 bits per heavy atom. The van der Waals surface area contributed by atoms with E-state index >= 15 is 0 Å². The number of nitrogens with one attached hydrogen (secondary N) is 1. The van der Waals surface area contributed by atoms with E-state index in [4.69, 9.17) is 9.15 Å². The fraction of sp³-hybridized carbons (Fsp3) is 0.647. The van der Waals surface area contributed by atoms with E-state index in [9.17, 15) is 14.7 Å². The Hall–Kier alpha value is -1.86. The zero-order valence-electron chi connectivity index (χ0n) is 13.9. The Bertz CT molecular complexity index is 578. The van der Waals surface area contributed by atoms with E-state index in [1.54, 1.807) is 18.4 Å². The van der Waals surface area contributed by atoms with Gasteiger partial charge in [-0.05, 0) is 43.7 Å². The van der Waals surface area contributed by atoms with E-state index < -0.39 is 17.7 Å². The summed E-state index contributed by atoms with van der Waals surface area (Å²) in [6, 6.07) is 3.12. The number of nitrogens with zero attached hydrogens (tertiary/aromatic N) is 1. The number of aliphatic hydroxyl groups is 1. The molecule has 2 N–H and O–H groups in total. The number of carbonyl (C=O) groups is 2. The maximum atomic E-state index is 12.7. The molecule has 7 nitrogen and oxygen atoms in total. The van der Waals surface area contributed by atoms with E-state index in [0.717, 1.165) is 17.7 Å². The van der Waals surface area contributed by atoms with Gasteiger partial charge in [-0.3, -0.25) is 9.69 Å². The van der Waals surface area contributed by atoms with Gasteiger partial charge in [-0.1, -0.05) is 6.92 Å². The fourth-order valence-corrected chi connectivity index (χ4v) is 3.39. The summed E-state index contributed by atoms with van der Waals surface area (Å²) < 4.78 is 10.5. The minimum absolute atomic E-state index is 0.0296. The van der Waals surface area contributed by atoms with Crippen molar-refractivity contribution < 1.29 is 23.8 Å². The zero-order valence-corrected chi connectivity index (χ0v) is 13.9. The third-order valence-electron chi connectivity index (χ3n) is 4.90. The molecular formula is C17H24N2O5. The lowest BCUT2D eigenvalue weighted by Gasteiger charge is -2.33. The van der Waals surface area contributed by atoms with Crippen LogP contribution in [0.4, 0.5) is 4.79 Å². The summed E-state index contributed by atoms with van der Waals surface area (Å²) in [7, 11) is 0. The van der Waals surface area contributed by atoms with E-state index in [1.165, 1.54) is 0 Å². The van der Waals surface area contributed by atoms with Gasteiger partial charge < -0.3 is 19.6 Å². The normalized spacial score (nSPS) is 28.4. The summed E-state index contributed by atoms with van der Waals surface area (Å²) >= 11 is 0. The predicted molar refractivity (Wildman–Crippen MR) is 85.0 cm³/mol. The molecule has 0 bridgehead atoms. The van der Waals surface area contributed by atoms with Gasteiger partial charge in [0.2, 0.25) is 0 Å². The van der Waals surface area contributed by atoms with Crippen LogP contribution in [0.2, 0.25) is 0 Å². The molecule has 0 aromatic carbocycles. The minimum Gasteiger partial charge on any atom is -0.467 e. The second kappa shape index (κ2) is 6.94. The van der Waals surface area contributed by atoms with Crippen LogP contribution in [0.1, 0.15) is 38.4 Å². The lowest BCUT2D eigenvalue weighted by Crippen LogP contribution is -2.49. The molecule has 1 aliphatic carbocycles. The molecule has 2 fully saturated rings. The highest BCUT2D eigenvalue weighted by atomic mass is 16.5. The number of hydrogen-bond acceptors (Lipinski definition) is 5.